The van der Waals surface area contributed by atoms with Gasteiger partial charge in [-0.15, -0.1) is 11.3 Å². The van der Waals surface area contributed by atoms with Crippen molar-refractivity contribution in [3.05, 3.63) is 17.0 Å². The third-order valence-corrected chi connectivity index (χ3v) is 5.45. The van der Waals surface area contributed by atoms with E-state index in [4.69, 9.17) is 10.00 Å². The number of ether oxygens (including phenoxy) is 1. The first kappa shape index (κ1) is 18.1. The fraction of sp³-hybridized carbons (Fsp3) is 0.471. The van der Waals surface area contributed by atoms with Gasteiger partial charge in [0.1, 0.15) is 17.6 Å². The third-order valence-electron chi connectivity index (χ3n) is 4.62. The van der Waals surface area contributed by atoms with Crippen LogP contribution in [0.25, 0.3) is 0 Å². The molecule has 0 bridgehead atoms. The summed E-state index contributed by atoms with van der Waals surface area (Å²) in [5.41, 5.74) is 0.325. The van der Waals surface area contributed by atoms with E-state index in [9.17, 15) is 19.2 Å². The van der Waals surface area contributed by atoms with E-state index >= 15 is 0 Å². The molecule has 136 valence electrons. The van der Waals surface area contributed by atoms with Gasteiger partial charge in [0.15, 0.2) is 6.61 Å². The number of nitriles is 1. The van der Waals surface area contributed by atoms with Crippen LogP contribution >= 0.6 is 11.3 Å². The highest BCUT2D eigenvalue weighted by Crippen LogP contribution is 2.37. The fourth-order valence-electron chi connectivity index (χ4n) is 3.36. The van der Waals surface area contributed by atoms with Crippen molar-refractivity contribution >= 4 is 40.0 Å². The number of carbonyl (C=O) groups excluding carboxylic acids is 4. The van der Waals surface area contributed by atoms with Gasteiger partial charge in [-0.05, 0) is 24.3 Å². The van der Waals surface area contributed by atoms with Gasteiger partial charge in [0, 0.05) is 0 Å². The minimum absolute atomic E-state index is 0.321. The van der Waals surface area contributed by atoms with Crippen LogP contribution in [0.15, 0.2) is 11.4 Å². The molecule has 8 nitrogen and oxygen atoms in total. The third kappa shape index (κ3) is 3.60. The SMILES string of the molecule is N#Cc1ccsc1NC(=O)COC(=O)CN1C(=O)C2CCCCC2C1=O. The predicted octanol–water partition coefficient (Wildman–Crippen LogP) is 1.28. The molecule has 1 aliphatic carbocycles. The second kappa shape index (κ2) is 7.66. The molecule has 1 saturated carbocycles. The van der Waals surface area contributed by atoms with Crippen molar-refractivity contribution in [3.63, 3.8) is 0 Å². The van der Waals surface area contributed by atoms with Crippen molar-refractivity contribution in [3.8, 4) is 6.07 Å². The van der Waals surface area contributed by atoms with Gasteiger partial charge in [-0.1, -0.05) is 12.8 Å². The Bertz CT molecular complexity index is 773. The zero-order valence-electron chi connectivity index (χ0n) is 13.9. The summed E-state index contributed by atoms with van der Waals surface area (Å²) >= 11 is 1.18. The van der Waals surface area contributed by atoms with Crippen LogP contribution in [0.1, 0.15) is 31.2 Å². The Labute approximate surface area is 153 Å². The second-order valence-corrected chi connectivity index (χ2v) is 7.16. The molecule has 2 aliphatic rings. The zero-order chi connectivity index (χ0) is 18.7. The van der Waals surface area contributed by atoms with E-state index in [0.717, 1.165) is 17.7 Å². The summed E-state index contributed by atoms with van der Waals surface area (Å²) in [7, 11) is 0. The Morgan fingerprint density at radius 2 is 1.92 bits per heavy atom. The molecular formula is C17H17N3O5S. The predicted molar refractivity (Wildman–Crippen MR) is 90.8 cm³/mol. The molecule has 3 rings (SSSR count). The van der Waals surface area contributed by atoms with Crippen LogP contribution in [0.2, 0.25) is 0 Å². The highest BCUT2D eigenvalue weighted by atomic mass is 32.1. The lowest BCUT2D eigenvalue weighted by Crippen LogP contribution is -2.37. The molecule has 2 atom stereocenters. The van der Waals surface area contributed by atoms with E-state index in [1.165, 1.54) is 11.3 Å². The lowest BCUT2D eigenvalue weighted by Gasteiger charge is -2.19. The Kier molecular flexibility index (Phi) is 5.32. The molecule has 2 fully saturated rings. The minimum Gasteiger partial charge on any atom is -0.454 e. The number of hydrogen-bond donors (Lipinski definition) is 1. The number of hydrogen-bond acceptors (Lipinski definition) is 7. The number of nitrogens with zero attached hydrogens (tertiary/aromatic N) is 2. The van der Waals surface area contributed by atoms with Crippen LogP contribution in [-0.2, 0) is 23.9 Å². The van der Waals surface area contributed by atoms with Gasteiger partial charge in [-0.25, -0.2) is 0 Å². The maximum atomic E-state index is 12.3. The van der Waals surface area contributed by atoms with E-state index in [0.29, 0.717) is 23.4 Å². The number of anilines is 1. The van der Waals surface area contributed by atoms with Gasteiger partial charge in [-0.3, -0.25) is 24.1 Å². The first-order chi connectivity index (χ1) is 12.5. The monoisotopic (exact) mass is 375 g/mol. The van der Waals surface area contributed by atoms with E-state index in [1.807, 2.05) is 6.07 Å². The van der Waals surface area contributed by atoms with Crippen LogP contribution in [-0.4, -0.2) is 41.7 Å². The van der Waals surface area contributed by atoms with Crippen molar-refractivity contribution in [1.82, 2.24) is 4.90 Å². The average molecular weight is 375 g/mol. The van der Waals surface area contributed by atoms with Gasteiger partial charge in [-0.2, -0.15) is 5.26 Å². The number of imide groups is 1. The maximum Gasteiger partial charge on any atom is 0.326 e. The highest BCUT2D eigenvalue weighted by molar-refractivity contribution is 7.14. The van der Waals surface area contributed by atoms with E-state index in [2.05, 4.69) is 5.32 Å². The minimum atomic E-state index is -0.813. The van der Waals surface area contributed by atoms with E-state index in [-0.39, 0.29) is 23.7 Å². The van der Waals surface area contributed by atoms with Gasteiger partial charge in [0.25, 0.3) is 5.91 Å². The number of rotatable bonds is 5. The fourth-order valence-corrected chi connectivity index (χ4v) is 4.12. The molecule has 1 saturated heterocycles. The molecule has 9 heteroatoms. The van der Waals surface area contributed by atoms with Crippen molar-refractivity contribution in [2.75, 3.05) is 18.5 Å². The Balaban J connectivity index is 1.50. The molecule has 0 spiro atoms. The van der Waals surface area contributed by atoms with Crippen LogP contribution in [0.5, 0.6) is 0 Å². The Morgan fingerprint density at radius 1 is 1.27 bits per heavy atom. The van der Waals surface area contributed by atoms with Crippen molar-refractivity contribution in [1.29, 1.82) is 5.26 Å². The molecule has 0 aromatic carbocycles. The number of esters is 1. The average Bonchev–Trinajstić information content (AvgIpc) is 3.18. The number of fused-ring (bicyclic) bond motifs is 1. The van der Waals surface area contributed by atoms with E-state index < -0.39 is 25.0 Å². The van der Waals surface area contributed by atoms with Crippen LogP contribution in [0.3, 0.4) is 0 Å². The van der Waals surface area contributed by atoms with Gasteiger partial charge in [0.2, 0.25) is 11.8 Å². The van der Waals surface area contributed by atoms with Gasteiger partial charge >= 0.3 is 5.97 Å². The largest absolute Gasteiger partial charge is 0.454 e. The molecule has 2 heterocycles. The molecule has 1 N–H and O–H groups in total. The lowest BCUT2D eigenvalue weighted by molar-refractivity contribution is -0.154. The topological polar surface area (TPSA) is 117 Å². The summed E-state index contributed by atoms with van der Waals surface area (Å²) in [4.78, 5) is 49.3. The van der Waals surface area contributed by atoms with Gasteiger partial charge in [0.05, 0.1) is 17.4 Å². The molecular weight excluding hydrogens is 358 g/mol. The quantitative estimate of drug-likeness (QED) is 0.612. The highest BCUT2D eigenvalue weighted by Gasteiger charge is 2.48. The molecule has 0 radical (unpaired) electrons. The van der Waals surface area contributed by atoms with Crippen molar-refractivity contribution < 1.29 is 23.9 Å². The summed E-state index contributed by atoms with van der Waals surface area (Å²) in [6, 6.07) is 3.50. The Hall–Kier alpha value is -2.73. The Morgan fingerprint density at radius 3 is 2.54 bits per heavy atom. The summed E-state index contributed by atoms with van der Waals surface area (Å²) in [6.07, 6.45) is 3.16. The molecule has 1 aromatic heterocycles. The van der Waals surface area contributed by atoms with Crippen LogP contribution in [0, 0.1) is 23.2 Å². The van der Waals surface area contributed by atoms with E-state index in [1.54, 1.807) is 11.4 Å². The van der Waals surface area contributed by atoms with Gasteiger partial charge < -0.3 is 10.1 Å². The smallest absolute Gasteiger partial charge is 0.326 e. The summed E-state index contributed by atoms with van der Waals surface area (Å²) in [5.74, 6) is -2.69. The molecule has 1 aromatic rings. The van der Waals surface area contributed by atoms with Crippen molar-refractivity contribution in [2.24, 2.45) is 11.8 Å². The maximum absolute atomic E-state index is 12.3. The van der Waals surface area contributed by atoms with Crippen molar-refractivity contribution in [2.45, 2.75) is 25.7 Å². The number of likely N-dealkylation sites (tertiary alicyclic amines) is 1. The zero-order valence-corrected chi connectivity index (χ0v) is 14.7. The molecule has 3 amide bonds. The second-order valence-electron chi connectivity index (χ2n) is 6.24. The first-order valence-electron chi connectivity index (χ1n) is 8.29. The standard InChI is InChI=1S/C17H17N3O5S/c18-7-10-5-6-26-15(10)19-13(21)9-25-14(22)8-20-16(23)11-3-1-2-4-12(11)17(20)24/h5-6,11-12H,1-4,8-9H2,(H,19,21). The lowest BCUT2D eigenvalue weighted by atomic mass is 9.81. The molecule has 2 unspecified atom stereocenters. The normalized spacial score (nSPS) is 21.9. The summed E-state index contributed by atoms with van der Waals surface area (Å²) in [5, 5.41) is 13.4. The summed E-state index contributed by atoms with van der Waals surface area (Å²) in [6.45, 7) is -1.02. The first-order valence-corrected chi connectivity index (χ1v) is 9.17. The van der Waals surface area contributed by atoms with Crippen LogP contribution < -0.4 is 5.32 Å². The van der Waals surface area contributed by atoms with Crippen LogP contribution in [0.4, 0.5) is 5.00 Å². The molecule has 26 heavy (non-hydrogen) atoms. The summed E-state index contributed by atoms with van der Waals surface area (Å²) < 4.78 is 4.86. The number of amides is 3. The number of carbonyl (C=O) groups is 4. The number of thiophene rings is 1. The number of nitrogens with one attached hydrogen (secondary N) is 1. The molecule has 1 aliphatic heterocycles.